The van der Waals surface area contributed by atoms with Crippen molar-refractivity contribution >= 4 is 0 Å². The summed E-state index contributed by atoms with van der Waals surface area (Å²) in [6, 6.07) is 6.39. The van der Waals surface area contributed by atoms with Crippen molar-refractivity contribution in [1.29, 1.82) is 0 Å². The predicted molar refractivity (Wildman–Crippen MR) is 89.9 cm³/mol. The topological polar surface area (TPSA) is 41.3 Å². The Morgan fingerprint density at radius 2 is 1.92 bits per heavy atom. The van der Waals surface area contributed by atoms with Crippen molar-refractivity contribution in [3.63, 3.8) is 0 Å². The third-order valence-electron chi connectivity index (χ3n) is 5.44. The van der Waals surface area contributed by atoms with Crippen LogP contribution in [0.5, 0.6) is 0 Å². The highest BCUT2D eigenvalue weighted by molar-refractivity contribution is 5.23. The van der Waals surface area contributed by atoms with Crippen molar-refractivity contribution in [1.82, 2.24) is 14.7 Å². The summed E-state index contributed by atoms with van der Waals surface area (Å²) in [4.78, 5) is 2.10. The minimum Gasteiger partial charge on any atom is -0.392 e. The number of aliphatic hydroxyl groups excluding tert-OH is 1. The zero-order valence-electron chi connectivity index (χ0n) is 14.1. The minimum absolute atomic E-state index is 0.123. The van der Waals surface area contributed by atoms with Crippen LogP contribution < -0.4 is 0 Å². The van der Waals surface area contributed by atoms with Gasteiger partial charge in [-0.15, -0.1) is 0 Å². The molecule has 1 aromatic carbocycles. The van der Waals surface area contributed by atoms with Gasteiger partial charge in [-0.05, 0) is 43.0 Å². The Balaban J connectivity index is 1.50. The average molecular weight is 347 g/mol. The third-order valence-corrected chi connectivity index (χ3v) is 5.44. The van der Waals surface area contributed by atoms with Crippen LogP contribution in [0.15, 0.2) is 30.5 Å². The van der Waals surface area contributed by atoms with Crippen LogP contribution in [0.2, 0.25) is 0 Å². The first-order chi connectivity index (χ1) is 12.1. The lowest BCUT2D eigenvalue weighted by Crippen LogP contribution is -2.25. The summed E-state index contributed by atoms with van der Waals surface area (Å²) in [5.41, 5.74) is 1.65. The maximum absolute atomic E-state index is 13.6. The Hall–Kier alpha value is -1.79. The molecule has 6 heteroatoms. The molecule has 2 aromatic rings. The van der Waals surface area contributed by atoms with Crippen molar-refractivity contribution in [2.75, 3.05) is 6.54 Å². The summed E-state index contributed by atoms with van der Waals surface area (Å²) in [5.74, 6) is -1.69. The van der Waals surface area contributed by atoms with Gasteiger partial charge in [-0.1, -0.05) is 18.9 Å². The van der Waals surface area contributed by atoms with Gasteiger partial charge in [0.05, 0.1) is 17.8 Å². The summed E-state index contributed by atoms with van der Waals surface area (Å²) in [6.45, 7) is 1.11. The Bertz CT molecular complexity index is 742. The molecule has 1 N–H and O–H groups in total. The van der Waals surface area contributed by atoms with E-state index in [2.05, 4.69) is 9.58 Å². The van der Waals surface area contributed by atoms with E-state index in [1.807, 2.05) is 12.3 Å². The summed E-state index contributed by atoms with van der Waals surface area (Å²) >= 11 is 0. The molecule has 0 radical (unpaired) electrons. The molecule has 2 atom stereocenters. The van der Waals surface area contributed by atoms with Gasteiger partial charge >= 0.3 is 0 Å². The fourth-order valence-electron chi connectivity index (χ4n) is 4.16. The van der Waals surface area contributed by atoms with Crippen LogP contribution in [-0.4, -0.2) is 32.4 Å². The number of nitrogens with zero attached hydrogens (tertiary/aromatic N) is 3. The van der Waals surface area contributed by atoms with Crippen LogP contribution in [-0.2, 0) is 6.54 Å². The first-order valence-corrected chi connectivity index (χ1v) is 9.01. The molecule has 2 fully saturated rings. The van der Waals surface area contributed by atoms with Gasteiger partial charge in [-0.3, -0.25) is 9.58 Å². The van der Waals surface area contributed by atoms with E-state index in [1.165, 1.54) is 31.7 Å². The molecule has 0 unspecified atom stereocenters. The van der Waals surface area contributed by atoms with Crippen LogP contribution in [0, 0.1) is 11.6 Å². The van der Waals surface area contributed by atoms with Crippen LogP contribution in [0.3, 0.4) is 0 Å². The third kappa shape index (κ3) is 3.46. The Morgan fingerprint density at radius 3 is 2.68 bits per heavy atom. The zero-order valence-corrected chi connectivity index (χ0v) is 14.1. The molecule has 0 bridgehead atoms. The number of aliphatic hydroxyl groups is 1. The molecule has 25 heavy (non-hydrogen) atoms. The lowest BCUT2D eigenvalue weighted by atomic mass is 10.0. The van der Waals surface area contributed by atoms with Gasteiger partial charge in [-0.25, -0.2) is 8.78 Å². The predicted octanol–water partition coefficient (Wildman–Crippen LogP) is 3.58. The van der Waals surface area contributed by atoms with Crippen LogP contribution >= 0.6 is 0 Å². The van der Waals surface area contributed by atoms with E-state index in [9.17, 15) is 13.9 Å². The molecule has 2 heterocycles. The van der Waals surface area contributed by atoms with Crippen molar-refractivity contribution in [2.45, 2.75) is 56.8 Å². The number of likely N-dealkylation sites (tertiary alicyclic amines) is 1. The number of rotatable bonds is 4. The number of β-amino-alcohol motifs (C(OH)–C–C–N with tert-alkyl or cyclic N) is 1. The molecule has 0 amide bonds. The minimum atomic E-state index is -0.843. The number of aromatic nitrogens is 2. The second-order valence-electron chi connectivity index (χ2n) is 7.23. The van der Waals surface area contributed by atoms with Crippen molar-refractivity contribution in [2.24, 2.45) is 0 Å². The summed E-state index contributed by atoms with van der Waals surface area (Å²) < 4.78 is 28.9. The van der Waals surface area contributed by atoms with Crippen molar-refractivity contribution in [3.05, 3.63) is 53.4 Å². The zero-order chi connectivity index (χ0) is 17.4. The highest BCUT2D eigenvalue weighted by Gasteiger charge is 2.33. The standard InChI is InChI=1S/C19H23F2N3O/c20-17-6-5-13(9-18(17)21)19-10-16(25)12-23(19)11-14-7-8-24(22-14)15-3-1-2-4-15/h5-9,15-16,19,25H,1-4,10-12H2/t16-,19+/m1/s1. The molecule has 4 rings (SSSR count). The first kappa shape index (κ1) is 16.7. The molecular formula is C19H23F2N3O. The van der Waals surface area contributed by atoms with Gasteiger partial charge in [0.1, 0.15) is 0 Å². The summed E-state index contributed by atoms with van der Waals surface area (Å²) in [5, 5.41) is 14.8. The highest BCUT2D eigenvalue weighted by Crippen LogP contribution is 2.34. The number of hydrogen-bond donors (Lipinski definition) is 1. The lowest BCUT2D eigenvalue weighted by molar-refractivity contribution is 0.172. The highest BCUT2D eigenvalue weighted by atomic mass is 19.2. The number of benzene rings is 1. The molecule has 1 saturated carbocycles. The van der Waals surface area contributed by atoms with E-state index in [4.69, 9.17) is 5.10 Å². The molecule has 4 nitrogen and oxygen atoms in total. The molecule has 1 aliphatic carbocycles. The molecule has 1 aliphatic heterocycles. The first-order valence-electron chi connectivity index (χ1n) is 9.01. The van der Waals surface area contributed by atoms with Gasteiger partial charge < -0.3 is 5.11 Å². The Labute approximate surface area is 146 Å². The van der Waals surface area contributed by atoms with Gasteiger partial charge in [0.15, 0.2) is 11.6 Å². The summed E-state index contributed by atoms with van der Waals surface area (Å²) in [6.07, 6.45) is 6.98. The number of hydrogen-bond acceptors (Lipinski definition) is 3. The van der Waals surface area contributed by atoms with Gasteiger partial charge in [0.2, 0.25) is 0 Å². The molecule has 2 aliphatic rings. The lowest BCUT2D eigenvalue weighted by Gasteiger charge is -2.23. The number of halogens is 2. The second kappa shape index (κ2) is 6.84. The molecule has 134 valence electrons. The van der Waals surface area contributed by atoms with E-state index in [0.29, 0.717) is 31.1 Å². The maximum Gasteiger partial charge on any atom is 0.159 e. The van der Waals surface area contributed by atoms with Gasteiger partial charge in [0.25, 0.3) is 0 Å². The van der Waals surface area contributed by atoms with Crippen molar-refractivity contribution in [3.8, 4) is 0 Å². The van der Waals surface area contributed by atoms with E-state index in [0.717, 1.165) is 11.8 Å². The molecular weight excluding hydrogens is 324 g/mol. The summed E-state index contributed by atoms with van der Waals surface area (Å²) in [7, 11) is 0. The average Bonchev–Trinajstić information content (AvgIpc) is 3.31. The SMILES string of the molecule is O[C@@H]1C[C@@H](c2ccc(F)c(F)c2)N(Cc2ccn(C3CCCC3)n2)C1. The smallest absolute Gasteiger partial charge is 0.159 e. The normalized spacial score (nSPS) is 25.1. The molecule has 0 spiro atoms. The second-order valence-corrected chi connectivity index (χ2v) is 7.23. The van der Waals surface area contributed by atoms with E-state index < -0.39 is 17.7 Å². The van der Waals surface area contributed by atoms with E-state index in [1.54, 1.807) is 6.07 Å². The van der Waals surface area contributed by atoms with Crippen LogP contribution in [0.25, 0.3) is 0 Å². The largest absolute Gasteiger partial charge is 0.392 e. The van der Waals surface area contributed by atoms with Gasteiger partial charge in [-0.2, -0.15) is 5.10 Å². The van der Waals surface area contributed by atoms with E-state index >= 15 is 0 Å². The maximum atomic E-state index is 13.6. The van der Waals surface area contributed by atoms with E-state index in [-0.39, 0.29) is 6.04 Å². The van der Waals surface area contributed by atoms with Gasteiger partial charge in [0, 0.05) is 25.3 Å². The Morgan fingerprint density at radius 1 is 1.12 bits per heavy atom. The van der Waals surface area contributed by atoms with Crippen LogP contribution in [0.1, 0.15) is 55.4 Å². The fourth-order valence-corrected chi connectivity index (χ4v) is 4.16. The monoisotopic (exact) mass is 347 g/mol. The van der Waals surface area contributed by atoms with Crippen LogP contribution in [0.4, 0.5) is 8.78 Å². The molecule has 1 saturated heterocycles. The van der Waals surface area contributed by atoms with Crippen molar-refractivity contribution < 1.29 is 13.9 Å². The molecule has 1 aromatic heterocycles. The fraction of sp³-hybridized carbons (Fsp3) is 0.526. The quantitative estimate of drug-likeness (QED) is 0.919. The Kier molecular flexibility index (Phi) is 4.56.